The SMILES string of the molecule is COc1ccc(N2CCOC2=O)cc1-c1ccc2c(N[C@H](C)C3CC3)c(C#N)nnc2c1. The van der Waals surface area contributed by atoms with E-state index in [1.807, 2.05) is 36.4 Å². The Morgan fingerprint density at radius 3 is 2.78 bits per heavy atom. The van der Waals surface area contributed by atoms with Gasteiger partial charge in [-0.3, -0.25) is 4.90 Å². The Morgan fingerprint density at radius 2 is 2.09 bits per heavy atom. The lowest BCUT2D eigenvalue weighted by atomic mass is 10.0. The number of benzene rings is 2. The Bertz CT molecular complexity index is 1250. The normalized spacial score (nSPS) is 16.5. The number of amides is 1. The van der Waals surface area contributed by atoms with Crippen LogP contribution in [-0.4, -0.2) is 42.6 Å². The Labute approximate surface area is 185 Å². The molecule has 1 saturated heterocycles. The first-order valence-corrected chi connectivity index (χ1v) is 10.7. The lowest BCUT2D eigenvalue weighted by molar-refractivity contribution is 0.181. The molecule has 2 fully saturated rings. The van der Waals surface area contributed by atoms with E-state index in [9.17, 15) is 10.1 Å². The number of carbonyl (C=O) groups excluding carboxylic acids is 1. The van der Waals surface area contributed by atoms with Crippen molar-refractivity contribution >= 4 is 28.4 Å². The maximum absolute atomic E-state index is 12.0. The number of aromatic nitrogens is 2. The van der Waals surface area contributed by atoms with Gasteiger partial charge in [-0.1, -0.05) is 6.07 Å². The van der Waals surface area contributed by atoms with E-state index in [0.717, 1.165) is 27.9 Å². The van der Waals surface area contributed by atoms with Gasteiger partial charge in [-0.15, -0.1) is 10.2 Å². The van der Waals surface area contributed by atoms with Gasteiger partial charge in [0.15, 0.2) is 5.69 Å². The number of carbonyl (C=O) groups is 1. The lowest BCUT2D eigenvalue weighted by Gasteiger charge is -2.18. The smallest absolute Gasteiger partial charge is 0.414 e. The van der Waals surface area contributed by atoms with Gasteiger partial charge in [0.05, 0.1) is 24.9 Å². The van der Waals surface area contributed by atoms with Gasteiger partial charge in [0.25, 0.3) is 0 Å². The first kappa shape index (κ1) is 20.1. The number of methoxy groups -OCH3 is 1. The zero-order valence-corrected chi connectivity index (χ0v) is 18.0. The third-order valence-electron chi connectivity index (χ3n) is 6.14. The largest absolute Gasteiger partial charge is 0.496 e. The van der Waals surface area contributed by atoms with E-state index in [-0.39, 0.29) is 12.1 Å². The second-order valence-electron chi connectivity index (χ2n) is 8.19. The summed E-state index contributed by atoms with van der Waals surface area (Å²) in [6, 6.07) is 13.9. The van der Waals surface area contributed by atoms with Gasteiger partial charge in [0.2, 0.25) is 0 Å². The summed E-state index contributed by atoms with van der Waals surface area (Å²) in [7, 11) is 1.62. The second-order valence-corrected chi connectivity index (χ2v) is 8.19. The van der Waals surface area contributed by atoms with Crippen molar-refractivity contribution in [2.45, 2.75) is 25.8 Å². The average molecular weight is 429 g/mol. The molecule has 2 heterocycles. The maximum atomic E-state index is 12.0. The quantitative estimate of drug-likeness (QED) is 0.622. The van der Waals surface area contributed by atoms with Crippen LogP contribution in [0.3, 0.4) is 0 Å². The van der Waals surface area contributed by atoms with Crippen molar-refractivity contribution in [3.63, 3.8) is 0 Å². The summed E-state index contributed by atoms with van der Waals surface area (Å²) in [5, 5.41) is 22.3. The molecule has 1 saturated carbocycles. The van der Waals surface area contributed by atoms with Crippen LogP contribution >= 0.6 is 0 Å². The molecule has 0 radical (unpaired) electrons. The van der Waals surface area contributed by atoms with Gasteiger partial charge in [-0.25, -0.2) is 4.79 Å². The predicted molar refractivity (Wildman–Crippen MR) is 121 cm³/mol. The number of fused-ring (bicyclic) bond motifs is 1. The van der Waals surface area contributed by atoms with Crippen molar-refractivity contribution in [2.24, 2.45) is 5.92 Å². The summed E-state index contributed by atoms with van der Waals surface area (Å²) in [5.74, 6) is 1.32. The van der Waals surface area contributed by atoms with Gasteiger partial charge in [0, 0.05) is 22.7 Å². The topological polar surface area (TPSA) is 100 Å². The molecule has 8 heteroatoms. The summed E-state index contributed by atoms with van der Waals surface area (Å²) in [6.45, 7) is 3.03. The number of nitrogens with zero attached hydrogens (tertiary/aromatic N) is 4. The Hall–Kier alpha value is -3.86. The molecule has 5 rings (SSSR count). The minimum atomic E-state index is -0.352. The van der Waals surface area contributed by atoms with Crippen LogP contribution in [0.25, 0.3) is 22.0 Å². The fourth-order valence-electron chi connectivity index (χ4n) is 4.16. The number of anilines is 2. The molecule has 0 spiro atoms. The number of nitriles is 1. The molecule has 3 aromatic rings. The minimum Gasteiger partial charge on any atom is -0.496 e. The van der Waals surface area contributed by atoms with E-state index >= 15 is 0 Å². The van der Waals surface area contributed by atoms with Crippen LogP contribution in [0.4, 0.5) is 16.2 Å². The van der Waals surface area contributed by atoms with Crippen molar-refractivity contribution in [3.05, 3.63) is 42.1 Å². The molecule has 162 valence electrons. The molecule has 1 N–H and O–H groups in total. The molecule has 1 aliphatic carbocycles. The van der Waals surface area contributed by atoms with E-state index in [4.69, 9.17) is 9.47 Å². The Balaban J connectivity index is 1.58. The van der Waals surface area contributed by atoms with Crippen LogP contribution in [0.15, 0.2) is 36.4 Å². The van der Waals surface area contributed by atoms with Gasteiger partial charge >= 0.3 is 6.09 Å². The van der Waals surface area contributed by atoms with Crippen LogP contribution in [0.5, 0.6) is 5.75 Å². The highest BCUT2D eigenvalue weighted by Gasteiger charge is 2.29. The molecule has 0 bridgehead atoms. The summed E-state index contributed by atoms with van der Waals surface area (Å²) >= 11 is 0. The summed E-state index contributed by atoms with van der Waals surface area (Å²) < 4.78 is 10.6. The van der Waals surface area contributed by atoms with E-state index in [1.165, 1.54) is 12.8 Å². The third-order valence-corrected chi connectivity index (χ3v) is 6.14. The first-order valence-electron chi connectivity index (χ1n) is 10.7. The highest BCUT2D eigenvalue weighted by atomic mass is 16.6. The van der Waals surface area contributed by atoms with Crippen LogP contribution in [0.2, 0.25) is 0 Å². The average Bonchev–Trinajstić information content (AvgIpc) is 3.59. The highest BCUT2D eigenvalue weighted by Crippen LogP contribution is 2.38. The van der Waals surface area contributed by atoms with Crippen molar-refractivity contribution < 1.29 is 14.3 Å². The molecule has 2 aromatic carbocycles. The van der Waals surface area contributed by atoms with Crippen LogP contribution in [0, 0.1) is 17.2 Å². The molecule has 0 unspecified atom stereocenters. The van der Waals surface area contributed by atoms with Crippen molar-refractivity contribution in [1.82, 2.24) is 10.2 Å². The van der Waals surface area contributed by atoms with E-state index in [2.05, 4.69) is 28.5 Å². The number of rotatable bonds is 6. The summed E-state index contributed by atoms with van der Waals surface area (Å²) in [4.78, 5) is 13.6. The molecule has 1 amide bonds. The molecular formula is C24H23N5O3. The standard InChI is InChI=1S/C24H23N5O3/c1-14(15-3-4-15)26-23-18-7-5-16(11-20(18)27-28-21(23)13-25)19-12-17(6-8-22(19)31-2)29-9-10-32-24(29)30/h5-8,11-12,14-15H,3-4,9-10H2,1-2H3,(H,26,27)/t14-/m1/s1. The van der Waals surface area contributed by atoms with Gasteiger partial charge < -0.3 is 14.8 Å². The molecule has 8 nitrogen and oxygen atoms in total. The maximum Gasteiger partial charge on any atom is 0.414 e. The minimum absolute atomic E-state index is 0.270. The number of hydrogen-bond donors (Lipinski definition) is 1. The molecule has 1 atom stereocenters. The van der Waals surface area contributed by atoms with Gasteiger partial charge in [0.1, 0.15) is 18.4 Å². The van der Waals surface area contributed by atoms with Gasteiger partial charge in [-0.05, 0) is 61.6 Å². The fourth-order valence-corrected chi connectivity index (χ4v) is 4.16. The summed E-state index contributed by atoms with van der Waals surface area (Å²) in [5.41, 5.74) is 4.16. The van der Waals surface area contributed by atoms with Crippen molar-refractivity contribution in [2.75, 3.05) is 30.5 Å². The molecule has 2 aliphatic rings. The van der Waals surface area contributed by atoms with E-state index in [0.29, 0.717) is 36.0 Å². The zero-order valence-electron chi connectivity index (χ0n) is 18.0. The Morgan fingerprint density at radius 1 is 1.25 bits per heavy atom. The third kappa shape index (κ3) is 3.56. The number of ether oxygens (including phenoxy) is 2. The second kappa shape index (κ2) is 8.00. The monoisotopic (exact) mass is 429 g/mol. The van der Waals surface area contributed by atoms with Crippen LogP contribution in [0.1, 0.15) is 25.5 Å². The molecule has 1 aliphatic heterocycles. The molecule has 1 aromatic heterocycles. The predicted octanol–water partition coefficient (Wildman–Crippen LogP) is 4.34. The van der Waals surface area contributed by atoms with E-state index in [1.54, 1.807) is 12.0 Å². The lowest BCUT2D eigenvalue weighted by Crippen LogP contribution is -2.23. The fraction of sp³-hybridized carbons (Fsp3) is 0.333. The highest BCUT2D eigenvalue weighted by molar-refractivity contribution is 5.96. The zero-order chi connectivity index (χ0) is 22.2. The van der Waals surface area contributed by atoms with Crippen LogP contribution < -0.4 is 15.0 Å². The number of nitrogens with one attached hydrogen (secondary N) is 1. The van der Waals surface area contributed by atoms with Gasteiger partial charge in [-0.2, -0.15) is 5.26 Å². The molecule has 32 heavy (non-hydrogen) atoms. The summed E-state index contributed by atoms with van der Waals surface area (Å²) in [6.07, 6.45) is 2.06. The number of cyclic esters (lactones) is 1. The Kier molecular flexibility index (Phi) is 5.02. The number of hydrogen-bond acceptors (Lipinski definition) is 7. The van der Waals surface area contributed by atoms with Crippen molar-refractivity contribution in [1.29, 1.82) is 5.26 Å². The first-order chi connectivity index (χ1) is 15.6. The van der Waals surface area contributed by atoms with Crippen LogP contribution in [-0.2, 0) is 4.74 Å². The molecular weight excluding hydrogens is 406 g/mol. The van der Waals surface area contributed by atoms with E-state index < -0.39 is 0 Å². The van der Waals surface area contributed by atoms with Crippen molar-refractivity contribution in [3.8, 4) is 22.9 Å².